The Bertz CT molecular complexity index is 702. The van der Waals surface area contributed by atoms with Gasteiger partial charge in [0.05, 0.1) is 13.7 Å². The molecule has 2 N–H and O–H groups in total. The predicted molar refractivity (Wildman–Crippen MR) is 99.3 cm³/mol. The average Bonchev–Trinajstić information content (AvgIpc) is 2.63. The number of nitrogens with one attached hydrogen (secondary N) is 2. The van der Waals surface area contributed by atoms with Crippen molar-refractivity contribution in [3.8, 4) is 11.5 Å². The average molecular weight is 345 g/mol. The zero-order valence-corrected chi connectivity index (χ0v) is 14.8. The van der Waals surface area contributed by atoms with Crippen molar-refractivity contribution in [2.45, 2.75) is 13.3 Å². The van der Waals surface area contributed by atoms with Crippen LogP contribution in [0.4, 0.5) is 10.1 Å². The van der Waals surface area contributed by atoms with Crippen LogP contribution in [0.1, 0.15) is 12.5 Å². The summed E-state index contributed by atoms with van der Waals surface area (Å²) in [4.78, 5) is 4.21. The molecule has 0 atom stereocenters. The van der Waals surface area contributed by atoms with Crippen LogP contribution in [0, 0.1) is 5.82 Å². The van der Waals surface area contributed by atoms with E-state index in [2.05, 4.69) is 15.6 Å². The molecule has 0 heterocycles. The highest BCUT2D eigenvalue weighted by Gasteiger charge is 2.07. The van der Waals surface area contributed by atoms with Gasteiger partial charge in [0.25, 0.3) is 0 Å². The Labute approximate surface area is 147 Å². The lowest BCUT2D eigenvalue weighted by atomic mass is 10.1. The lowest BCUT2D eigenvalue weighted by molar-refractivity contribution is 0.311. The van der Waals surface area contributed by atoms with E-state index in [4.69, 9.17) is 9.47 Å². The number of ether oxygens (including phenoxy) is 2. The van der Waals surface area contributed by atoms with E-state index >= 15 is 0 Å². The standard InChI is InChI=1S/C19H24FN3O2/c1-4-25-18-13-16(9-10-17(18)24-3)23-19(21-2)22-12-11-14-5-7-15(20)8-6-14/h5-10,13H,4,11-12H2,1-3H3,(H2,21,22,23). The van der Waals surface area contributed by atoms with Gasteiger partial charge in [-0.25, -0.2) is 4.39 Å². The molecule has 2 aromatic carbocycles. The maximum absolute atomic E-state index is 12.9. The number of hydrogen-bond donors (Lipinski definition) is 2. The Balaban J connectivity index is 1.93. The van der Waals surface area contributed by atoms with E-state index in [0.29, 0.717) is 30.6 Å². The van der Waals surface area contributed by atoms with Crippen molar-refractivity contribution in [1.82, 2.24) is 5.32 Å². The molecule has 0 bridgehead atoms. The molecule has 134 valence electrons. The maximum atomic E-state index is 12.9. The zero-order valence-electron chi connectivity index (χ0n) is 14.8. The molecule has 5 nitrogen and oxygen atoms in total. The third kappa shape index (κ3) is 5.67. The van der Waals surface area contributed by atoms with E-state index in [9.17, 15) is 4.39 Å². The quantitative estimate of drug-likeness (QED) is 0.596. The van der Waals surface area contributed by atoms with Gasteiger partial charge in [-0.15, -0.1) is 0 Å². The molecule has 0 unspecified atom stereocenters. The van der Waals surface area contributed by atoms with Crippen molar-refractivity contribution in [1.29, 1.82) is 0 Å². The third-order valence-corrected chi connectivity index (χ3v) is 3.57. The van der Waals surface area contributed by atoms with Crippen LogP contribution in [0.5, 0.6) is 11.5 Å². The summed E-state index contributed by atoms with van der Waals surface area (Å²) in [6, 6.07) is 12.1. The number of nitrogens with zero attached hydrogens (tertiary/aromatic N) is 1. The van der Waals surface area contributed by atoms with Crippen molar-refractivity contribution < 1.29 is 13.9 Å². The minimum absolute atomic E-state index is 0.223. The summed E-state index contributed by atoms with van der Waals surface area (Å²) in [6.07, 6.45) is 0.772. The van der Waals surface area contributed by atoms with Gasteiger partial charge >= 0.3 is 0 Å². The third-order valence-electron chi connectivity index (χ3n) is 3.57. The van der Waals surface area contributed by atoms with Gasteiger partial charge in [0.1, 0.15) is 5.82 Å². The summed E-state index contributed by atoms with van der Waals surface area (Å²) in [5, 5.41) is 6.45. The fourth-order valence-electron chi connectivity index (χ4n) is 2.31. The largest absolute Gasteiger partial charge is 0.493 e. The van der Waals surface area contributed by atoms with Crippen LogP contribution in [0.3, 0.4) is 0 Å². The SMILES string of the molecule is CCOc1cc(NC(=NC)NCCc2ccc(F)cc2)ccc1OC. The van der Waals surface area contributed by atoms with Gasteiger partial charge in [0.15, 0.2) is 17.5 Å². The fraction of sp³-hybridized carbons (Fsp3) is 0.316. The molecule has 0 aromatic heterocycles. The number of hydrogen-bond acceptors (Lipinski definition) is 3. The minimum Gasteiger partial charge on any atom is -0.493 e. The Morgan fingerprint density at radius 1 is 1.12 bits per heavy atom. The molecule has 0 aliphatic heterocycles. The van der Waals surface area contributed by atoms with Crippen LogP contribution >= 0.6 is 0 Å². The maximum Gasteiger partial charge on any atom is 0.195 e. The normalized spacial score (nSPS) is 11.1. The highest BCUT2D eigenvalue weighted by Crippen LogP contribution is 2.30. The summed E-state index contributed by atoms with van der Waals surface area (Å²) < 4.78 is 23.8. The predicted octanol–water partition coefficient (Wildman–Crippen LogP) is 3.46. The van der Waals surface area contributed by atoms with Crippen LogP contribution in [-0.2, 0) is 6.42 Å². The summed E-state index contributed by atoms with van der Waals surface area (Å²) in [7, 11) is 3.32. The van der Waals surface area contributed by atoms with Gasteiger partial charge in [-0.05, 0) is 43.2 Å². The molecule has 2 aromatic rings. The van der Waals surface area contributed by atoms with Crippen molar-refractivity contribution in [2.75, 3.05) is 32.6 Å². The molecule has 0 spiro atoms. The van der Waals surface area contributed by atoms with Crippen LogP contribution in [0.25, 0.3) is 0 Å². The Morgan fingerprint density at radius 2 is 1.88 bits per heavy atom. The number of anilines is 1. The van der Waals surface area contributed by atoms with Crippen molar-refractivity contribution in [2.24, 2.45) is 4.99 Å². The van der Waals surface area contributed by atoms with Gasteiger partial charge in [-0.2, -0.15) is 0 Å². The molecule has 25 heavy (non-hydrogen) atoms. The second kappa shape index (κ2) is 9.52. The van der Waals surface area contributed by atoms with Gasteiger partial charge in [0.2, 0.25) is 0 Å². The first-order valence-electron chi connectivity index (χ1n) is 8.19. The molecule has 6 heteroatoms. The van der Waals surface area contributed by atoms with Gasteiger partial charge in [-0.1, -0.05) is 12.1 Å². The molecule has 0 aliphatic rings. The molecule has 0 saturated heterocycles. The number of halogens is 1. The Kier molecular flexibility index (Phi) is 7.07. The fourth-order valence-corrected chi connectivity index (χ4v) is 2.31. The second-order valence-corrected chi connectivity index (χ2v) is 5.30. The Hall–Kier alpha value is -2.76. The summed E-state index contributed by atoms with van der Waals surface area (Å²) in [6.45, 7) is 3.17. The smallest absolute Gasteiger partial charge is 0.195 e. The van der Waals surface area contributed by atoms with Crippen LogP contribution < -0.4 is 20.1 Å². The monoisotopic (exact) mass is 345 g/mol. The number of methoxy groups -OCH3 is 1. The van der Waals surface area contributed by atoms with Crippen molar-refractivity contribution >= 4 is 11.6 Å². The number of guanidine groups is 1. The number of aliphatic imine (C=N–C) groups is 1. The summed E-state index contributed by atoms with van der Waals surface area (Å²) >= 11 is 0. The molecule has 0 amide bonds. The molecule has 0 aliphatic carbocycles. The summed E-state index contributed by atoms with van der Waals surface area (Å²) in [5.74, 6) is 1.79. The first-order valence-corrected chi connectivity index (χ1v) is 8.19. The topological polar surface area (TPSA) is 54.9 Å². The lowest BCUT2D eigenvalue weighted by Crippen LogP contribution is -2.32. The first-order chi connectivity index (χ1) is 12.2. The zero-order chi connectivity index (χ0) is 18.1. The van der Waals surface area contributed by atoms with E-state index in [0.717, 1.165) is 17.7 Å². The minimum atomic E-state index is -0.223. The van der Waals surface area contributed by atoms with Gasteiger partial charge < -0.3 is 20.1 Å². The van der Waals surface area contributed by atoms with E-state index in [-0.39, 0.29) is 5.82 Å². The molecule has 0 fully saturated rings. The van der Waals surface area contributed by atoms with Crippen LogP contribution in [0.15, 0.2) is 47.5 Å². The molecular weight excluding hydrogens is 321 g/mol. The van der Waals surface area contributed by atoms with Crippen molar-refractivity contribution in [3.63, 3.8) is 0 Å². The molecule has 2 rings (SSSR count). The van der Waals surface area contributed by atoms with Crippen LogP contribution in [0.2, 0.25) is 0 Å². The van der Waals surface area contributed by atoms with E-state index in [1.807, 2.05) is 25.1 Å². The summed E-state index contributed by atoms with van der Waals surface area (Å²) in [5.41, 5.74) is 1.91. The van der Waals surface area contributed by atoms with Gasteiger partial charge in [0, 0.05) is 25.3 Å². The van der Waals surface area contributed by atoms with E-state index in [1.165, 1.54) is 12.1 Å². The number of rotatable bonds is 7. The van der Waals surface area contributed by atoms with Crippen LogP contribution in [-0.4, -0.2) is 33.3 Å². The molecular formula is C19H24FN3O2. The lowest BCUT2D eigenvalue weighted by Gasteiger charge is -2.14. The van der Waals surface area contributed by atoms with E-state index in [1.54, 1.807) is 26.3 Å². The highest BCUT2D eigenvalue weighted by molar-refractivity contribution is 5.93. The second-order valence-electron chi connectivity index (χ2n) is 5.30. The van der Waals surface area contributed by atoms with Gasteiger partial charge in [-0.3, -0.25) is 4.99 Å². The first kappa shape index (κ1) is 18.6. The molecule has 0 saturated carbocycles. The highest BCUT2D eigenvalue weighted by atomic mass is 19.1. The molecule has 0 radical (unpaired) electrons. The number of benzene rings is 2. The van der Waals surface area contributed by atoms with E-state index < -0.39 is 0 Å². The Morgan fingerprint density at radius 3 is 2.52 bits per heavy atom. The van der Waals surface area contributed by atoms with Crippen molar-refractivity contribution in [3.05, 3.63) is 53.8 Å².